The highest BCUT2D eigenvalue weighted by Gasteiger charge is 2.16. The Morgan fingerprint density at radius 1 is 1.20 bits per heavy atom. The molecule has 20 heavy (non-hydrogen) atoms. The molecule has 3 nitrogen and oxygen atoms in total. The lowest BCUT2D eigenvalue weighted by Gasteiger charge is -2.12. The van der Waals surface area contributed by atoms with Crippen LogP contribution in [0.1, 0.15) is 21.5 Å². The van der Waals surface area contributed by atoms with Crippen molar-refractivity contribution in [2.75, 3.05) is 12.8 Å². The smallest absolute Gasteiger partial charge is 0.339 e. The monoisotopic (exact) mass is 287 g/mol. The minimum atomic E-state index is -0.371. The van der Waals surface area contributed by atoms with E-state index in [1.165, 1.54) is 24.4 Å². The van der Waals surface area contributed by atoms with Gasteiger partial charge in [-0.25, -0.2) is 4.79 Å². The molecule has 0 aliphatic heterocycles. The summed E-state index contributed by atoms with van der Waals surface area (Å²) in [5.74, 6) is -0.371. The first-order chi connectivity index (χ1) is 9.52. The fourth-order valence-electron chi connectivity index (χ4n) is 1.96. The number of carbonyl (C=O) groups is 1. The Morgan fingerprint density at radius 3 is 2.60 bits per heavy atom. The molecule has 2 aromatic rings. The maximum atomic E-state index is 11.8. The van der Waals surface area contributed by atoms with Crippen LogP contribution in [0.25, 0.3) is 0 Å². The molecule has 0 spiro atoms. The first-order valence-electron chi connectivity index (χ1n) is 6.25. The summed E-state index contributed by atoms with van der Waals surface area (Å²) in [6.45, 7) is 4.10. The van der Waals surface area contributed by atoms with Crippen molar-refractivity contribution >= 4 is 23.4 Å². The molecule has 0 radical (unpaired) electrons. The van der Waals surface area contributed by atoms with Gasteiger partial charge in [0.05, 0.1) is 12.7 Å². The fraction of sp³-hybridized carbons (Fsp3) is 0.188. The van der Waals surface area contributed by atoms with Gasteiger partial charge in [-0.2, -0.15) is 0 Å². The maximum absolute atomic E-state index is 11.8. The van der Waals surface area contributed by atoms with E-state index < -0.39 is 0 Å². The Balaban J connectivity index is 2.45. The summed E-state index contributed by atoms with van der Waals surface area (Å²) in [4.78, 5) is 13.6. The topological polar surface area (TPSA) is 52.3 Å². The third kappa shape index (κ3) is 2.96. The second-order valence-corrected chi connectivity index (χ2v) is 5.64. The predicted octanol–water partition coefficient (Wildman–Crippen LogP) is 3.82. The molecule has 0 unspecified atom stereocenters. The van der Waals surface area contributed by atoms with Gasteiger partial charge in [-0.1, -0.05) is 35.5 Å². The molecule has 0 atom stereocenters. The molecule has 0 bridgehead atoms. The van der Waals surface area contributed by atoms with E-state index in [4.69, 9.17) is 10.5 Å². The van der Waals surface area contributed by atoms with Gasteiger partial charge in [0, 0.05) is 15.5 Å². The summed E-state index contributed by atoms with van der Waals surface area (Å²) in [7, 11) is 1.37. The molecule has 2 aromatic carbocycles. The lowest BCUT2D eigenvalue weighted by atomic mass is 10.2. The van der Waals surface area contributed by atoms with Gasteiger partial charge in [-0.05, 0) is 37.6 Å². The van der Waals surface area contributed by atoms with E-state index in [1.54, 1.807) is 18.2 Å². The average Bonchev–Trinajstić information content (AvgIpc) is 2.42. The lowest BCUT2D eigenvalue weighted by Crippen LogP contribution is -2.05. The van der Waals surface area contributed by atoms with E-state index in [0.717, 1.165) is 15.4 Å². The van der Waals surface area contributed by atoms with E-state index in [9.17, 15) is 4.79 Å². The first kappa shape index (κ1) is 14.5. The summed E-state index contributed by atoms with van der Waals surface area (Å²) in [6, 6.07) is 11.5. The van der Waals surface area contributed by atoms with Crippen molar-refractivity contribution in [1.82, 2.24) is 0 Å². The number of nitrogen functional groups attached to an aromatic ring is 1. The number of hydrogen-bond acceptors (Lipinski definition) is 4. The van der Waals surface area contributed by atoms with Crippen molar-refractivity contribution in [3.63, 3.8) is 0 Å². The molecule has 0 aliphatic rings. The Labute approximate surface area is 123 Å². The molecule has 0 saturated heterocycles. The third-order valence-electron chi connectivity index (χ3n) is 2.99. The number of rotatable bonds is 3. The molecule has 0 aliphatic carbocycles. The molecule has 104 valence electrons. The van der Waals surface area contributed by atoms with E-state index >= 15 is 0 Å². The highest BCUT2D eigenvalue weighted by Crippen LogP contribution is 2.37. The van der Waals surface area contributed by atoms with E-state index in [0.29, 0.717) is 11.3 Å². The molecule has 0 fully saturated rings. The van der Waals surface area contributed by atoms with Crippen molar-refractivity contribution < 1.29 is 9.53 Å². The van der Waals surface area contributed by atoms with Gasteiger partial charge in [0.2, 0.25) is 0 Å². The van der Waals surface area contributed by atoms with Crippen molar-refractivity contribution in [1.29, 1.82) is 0 Å². The normalized spacial score (nSPS) is 10.3. The fourth-order valence-corrected chi connectivity index (χ4v) is 2.99. The summed E-state index contributed by atoms with van der Waals surface area (Å²) in [6.07, 6.45) is 0. The van der Waals surface area contributed by atoms with Crippen LogP contribution in [0.2, 0.25) is 0 Å². The molecular weight excluding hydrogens is 270 g/mol. The molecule has 0 heterocycles. The summed E-state index contributed by atoms with van der Waals surface area (Å²) >= 11 is 1.49. The molecule has 0 amide bonds. The minimum Gasteiger partial charge on any atom is -0.465 e. The zero-order valence-corrected chi connectivity index (χ0v) is 12.6. The van der Waals surface area contributed by atoms with Crippen LogP contribution in [-0.4, -0.2) is 13.1 Å². The maximum Gasteiger partial charge on any atom is 0.339 e. The van der Waals surface area contributed by atoms with Crippen LogP contribution in [0.15, 0.2) is 46.2 Å². The minimum absolute atomic E-state index is 0.371. The zero-order valence-electron chi connectivity index (χ0n) is 11.8. The molecule has 4 heteroatoms. The highest BCUT2D eigenvalue weighted by molar-refractivity contribution is 7.99. The largest absolute Gasteiger partial charge is 0.465 e. The second kappa shape index (κ2) is 6.01. The number of benzene rings is 2. The van der Waals surface area contributed by atoms with Crippen LogP contribution in [-0.2, 0) is 4.74 Å². The van der Waals surface area contributed by atoms with Crippen LogP contribution < -0.4 is 5.73 Å². The predicted molar refractivity (Wildman–Crippen MR) is 82.2 cm³/mol. The van der Waals surface area contributed by atoms with Crippen LogP contribution in [0.4, 0.5) is 5.69 Å². The van der Waals surface area contributed by atoms with Gasteiger partial charge in [-0.3, -0.25) is 0 Å². The number of anilines is 1. The van der Waals surface area contributed by atoms with Crippen LogP contribution >= 0.6 is 11.8 Å². The SMILES string of the molecule is COC(=O)c1cccc(N)c1Sc1ccc(C)cc1C. The lowest BCUT2D eigenvalue weighted by molar-refractivity contribution is 0.0597. The van der Waals surface area contributed by atoms with Crippen molar-refractivity contribution in [3.05, 3.63) is 53.1 Å². The van der Waals surface area contributed by atoms with Crippen LogP contribution in [0.3, 0.4) is 0 Å². The summed E-state index contributed by atoms with van der Waals surface area (Å²) in [5.41, 5.74) is 9.46. The Bertz CT molecular complexity index is 653. The summed E-state index contributed by atoms with van der Waals surface area (Å²) < 4.78 is 4.81. The van der Waals surface area contributed by atoms with E-state index in [2.05, 4.69) is 13.0 Å². The number of esters is 1. The van der Waals surface area contributed by atoms with E-state index in [1.807, 2.05) is 19.1 Å². The second-order valence-electron chi connectivity index (χ2n) is 4.59. The van der Waals surface area contributed by atoms with Crippen molar-refractivity contribution in [3.8, 4) is 0 Å². The van der Waals surface area contributed by atoms with Crippen LogP contribution in [0.5, 0.6) is 0 Å². The number of nitrogens with two attached hydrogens (primary N) is 1. The van der Waals surface area contributed by atoms with Gasteiger partial charge in [0.15, 0.2) is 0 Å². The van der Waals surface area contributed by atoms with Crippen molar-refractivity contribution in [2.24, 2.45) is 0 Å². The number of aryl methyl sites for hydroxylation is 2. The average molecular weight is 287 g/mol. The number of ether oxygens (including phenoxy) is 1. The Kier molecular flexibility index (Phi) is 4.35. The third-order valence-corrected chi connectivity index (χ3v) is 4.33. The molecule has 0 saturated carbocycles. The van der Waals surface area contributed by atoms with Crippen LogP contribution in [0, 0.1) is 13.8 Å². The quantitative estimate of drug-likeness (QED) is 0.688. The molecular formula is C16H17NO2S. The highest BCUT2D eigenvalue weighted by atomic mass is 32.2. The number of carbonyl (C=O) groups excluding carboxylic acids is 1. The standard InChI is InChI=1S/C16H17NO2S/c1-10-7-8-14(11(2)9-10)20-15-12(16(18)19-3)5-4-6-13(15)17/h4-9H,17H2,1-3H3. The zero-order chi connectivity index (χ0) is 14.7. The van der Waals surface area contributed by atoms with Crippen molar-refractivity contribution in [2.45, 2.75) is 23.6 Å². The Morgan fingerprint density at radius 2 is 1.95 bits per heavy atom. The molecule has 2 rings (SSSR count). The van der Waals surface area contributed by atoms with Gasteiger partial charge < -0.3 is 10.5 Å². The van der Waals surface area contributed by atoms with Gasteiger partial charge in [0.25, 0.3) is 0 Å². The Hall–Kier alpha value is -1.94. The van der Waals surface area contributed by atoms with Gasteiger partial charge in [-0.15, -0.1) is 0 Å². The van der Waals surface area contributed by atoms with Gasteiger partial charge >= 0.3 is 5.97 Å². The number of methoxy groups -OCH3 is 1. The number of hydrogen-bond donors (Lipinski definition) is 1. The molecule has 0 aromatic heterocycles. The first-order valence-corrected chi connectivity index (χ1v) is 7.06. The van der Waals surface area contributed by atoms with Gasteiger partial charge in [0.1, 0.15) is 0 Å². The molecule has 2 N–H and O–H groups in total. The summed E-state index contributed by atoms with van der Waals surface area (Å²) in [5, 5.41) is 0. The van der Waals surface area contributed by atoms with E-state index in [-0.39, 0.29) is 5.97 Å².